The van der Waals surface area contributed by atoms with E-state index in [0.717, 1.165) is 50.1 Å². The molecule has 2 aromatic heterocycles. The van der Waals surface area contributed by atoms with E-state index in [4.69, 9.17) is 4.42 Å². The molecule has 15 rings (SSSR count). The molecule has 0 radical (unpaired) electrons. The van der Waals surface area contributed by atoms with Gasteiger partial charge in [-0.2, -0.15) is 0 Å². The fourth-order valence-electron chi connectivity index (χ4n) is 12.0. The van der Waals surface area contributed by atoms with Gasteiger partial charge in [0.2, 0.25) is 0 Å². The maximum atomic E-state index is 6.51. The second-order valence-electron chi connectivity index (χ2n) is 18.3. The molecule has 0 N–H and O–H groups in total. The second kappa shape index (κ2) is 14.3. The first-order chi connectivity index (χ1) is 33.7. The van der Waals surface area contributed by atoms with Crippen molar-refractivity contribution in [3.8, 4) is 44.5 Å². The number of para-hydroxylation sites is 1. The van der Waals surface area contributed by atoms with Gasteiger partial charge in [0, 0.05) is 47.9 Å². The van der Waals surface area contributed by atoms with Gasteiger partial charge in [0.15, 0.2) is 0 Å². The van der Waals surface area contributed by atoms with Crippen molar-refractivity contribution >= 4 is 81.3 Å². The number of hydrogen-bond acceptors (Lipinski definition) is 3. The first-order valence-corrected chi connectivity index (χ1v) is 24.2. The second-order valence-corrected chi connectivity index (χ2v) is 19.4. The van der Waals surface area contributed by atoms with Gasteiger partial charge in [0.25, 0.3) is 0 Å². The number of fused-ring (bicyclic) bond motifs is 17. The molecule has 316 valence electrons. The number of nitrogens with zero attached hydrogens (tertiary/aromatic N) is 1. The predicted molar refractivity (Wildman–Crippen MR) is 286 cm³/mol. The Morgan fingerprint density at radius 1 is 0.338 bits per heavy atom. The average molecular weight is 882 g/mol. The predicted octanol–water partition coefficient (Wildman–Crippen LogP) is 18.3. The highest BCUT2D eigenvalue weighted by atomic mass is 32.1. The third-order valence-electron chi connectivity index (χ3n) is 14.9. The molecule has 13 aromatic rings. The minimum atomic E-state index is -0.468. The van der Waals surface area contributed by atoms with Crippen LogP contribution in [0.1, 0.15) is 22.3 Å². The molecule has 0 unspecified atom stereocenters. The van der Waals surface area contributed by atoms with E-state index in [1.165, 1.54) is 86.6 Å². The highest BCUT2D eigenvalue weighted by Crippen LogP contribution is 2.63. The van der Waals surface area contributed by atoms with Gasteiger partial charge in [0.05, 0.1) is 11.1 Å². The first kappa shape index (κ1) is 37.7. The number of thiophene rings is 1. The number of furan rings is 1. The molecular weight excluding hydrogens is 843 g/mol. The summed E-state index contributed by atoms with van der Waals surface area (Å²) in [5, 5.41) is 7.24. The van der Waals surface area contributed by atoms with Crippen LogP contribution in [-0.2, 0) is 5.41 Å². The summed E-state index contributed by atoms with van der Waals surface area (Å²) in [7, 11) is 0. The monoisotopic (exact) mass is 881 g/mol. The highest BCUT2D eigenvalue weighted by molar-refractivity contribution is 7.26. The van der Waals surface area contributed by atoms with Crippen LogP contribution in [0.5, 0.6) is 0 Å². The van der Waals surface area contributed by atoms with Crippen LogP contribution in [0.2, 0.25) is 0 Å². The smallest absolute Gasteiger partial charge is 0.136 e. The van der Waals surface area contributed by atoms with Gasteiger partial charge < -0.3 is 9.32 Å². The van der Waals surface area contributed by atoms with Crippen molar-refractivity contribution in [1.29, 1.82) is 0 Å². The van der Waals surface area contributed by atoms with E-state index in [1.54, 1.807) is 0 Å². The molecule has 0 amide bonds. The fourth-order valence-corrected chi connectivity index (χ4v) is 13.2. The molecule has 3 heteroatoms. The van der Waals surface area contributed by atoms with E-state index < -0.39 is 5.41 Å². The maximum absolute atomic E-state index is 6.51. The van der Waals surface area contributed by atoms with Crippen LogP contribution in [0.3, 0.4) is 0 Å². The normalized spacial score (nSPS) is 13.1. The maximum Gasteiger partial charge on any atom is 0.136 e. The Morgan fingerprint density at radius 2 is 0.897 bits per heavy atom. The number of rotatable bonds is 5. The van der Waals surface area contributed by atoms with Crippen LogP contribution in [0.25, 0.3) is 97.4 Å². The first-order valence-electron chi connectivity index (χ1n) is 23.4. The summed E-state index contributed by atoms with van der Waals surface area (Å²) < 4.78 is 9.15. The molecule has 0 saturated heterocycles. The molecule has 68 heavy (non-hydrogen) atoms. The average Bonchev–Trinajstić information content (AvgIpc) is 4.13. The van der Waals surface area contributed by atoms with Crippen molar-refractivity contribution in [2.45, 2.75) is 5.41 Å². The van der Waals surface area contributed by atoms with Crippen molar-refractivity contribution in [3.05, 3.63) is 259 Å². The van der Waals surface area contributed by atoms with Gasteiger partial charge in [-0.1, -0.05) is 176 Å². The van der Waals surface area contributed by atoms with Crippen molar-refractivity contribution in [2.75, 3.05) is 4.90 Å². The molecule has 1 spiro atoms. The molecule has 2 heterocycles. The Morgan fingerprint density at radius 3 is 1.65 bits per heavy atom. The fraction of sp³-hybridized carbons (Fsp3) is 0.0154. The molecule has 0 aliphatic heterocycles. The Balaban J connectivity index is 0.953. The number of hydrogen-bond donors (Lipinski definition) is 0. The summed E-state index contributed by atoms with van der Waals surface area (Å²) in [6.45, 7) is 0. The SMILES string of the molecule is c1ccc(N(c2ccc(-c3cccc4c3sc3ccccc34)cc2)c2ccc3c(c2)C2(c4ccccc4-c4ccccc42)c2ccccc2-3)c(-c2ccc3oc4cc5ccccc5cc4c3c2)c1. The van der Waals surface area contributed by atoms with Gasteiger partial charge >= 0.3 is 0 Å². The van der Waals surface area contributed by atoms with E-state index in [1.807, 2.05) is 11.3 Å². The third kappa shape index (κ3) is 5.22. The Labute approximate surface area is 397 Å². The highest BCUT2D eigenvalue weighted by Gasteiger charge is 2.51. The van der Waals surface area contributed by atoms with Crippen LogP contribution in [0.4, 0.5) is 17.1 Å². The molecule has 0 fully saturated rings. The lowest BCUT2D eigenvalue weighted by Crippen LogP contribution is -2.26. The van der Waals surface area contributed by atoms with Crippen molar-refractivity contribution in [3.63, 3.8) is 0 Å². The molecule has 11 aromatic carbocycles. The lowest BCUT2D eigenvalue weighted by atomic mass is 9.70. The van der Waals surface area contributed by atoms with Crippen LogP contribution < -0.4 is 4.90 Å². The zero-order valence-electron chi connectivity index (χ0n) is 36.8. The van der Waals surface area contributed by atoms with E-state index in [-0.39, 0.29) is 0 Å². The largest absolute Gasteiger partial charge is 0.456 e. The minimum absolute atomic E-state index is 0.468. The topological polar surface area (TPSA) is 16.4 Å². The van der Waals surface area contributed by atoms with E-state index in [0.29, 0.717) is 0 Å². The summed E-state index contributed by atoms with van der Waals surface area (Å²) in [6.07, 6.45) is 0. The van der Waals surface area contributed by atoms with Gasteiger partial charge in [-0.25, -0.2) is 0 Å². The van der Waals surface area contributed by atoms with Crippen LogP contribution in [0, 0.1) is 0 Å². The summed E-state index contributed by atoms with van der Waals surface area (Å²) >= 11 is 1.88. The summed E-state index contributed by atoms with van der Waals surface area (Å²) in [4.78, 5) is 2.48. The molecule has 0 bridgehead atoms. The van der Waals surface area contributed by atoms with E-state index in [2.05, 4.69) is 241 Å². The quantitative estimate of drug-likeness (QED) is 0.171. The van der Waals surface area contributed by atoms with Gasteiger partial charge in [0.1, 0.15) is 11.2 Å². The molecule has 2 nitrogen and oxygen atoms in total. The molecular formula is C65H39NOS. The van der Waals surface area contributed by atoms with E-state index in [9.17, 15) is 0 Å². The summed E-state index contributed by atoms with van der Waals surface area (Å²) in [6, 6.07) is 87.7. The summed E-state index contributed by atoms with van der Waals surface area (Å²) in [5.74, 6) is 0. The van der Waals surface area contributed by atoms with Gasteiger partial charge in [-0.3, -0.25) is 0 Å². The molecule has 2 aliphatic carbocycles. The van der Waals surface area contributed by atoms with Gasteiger partial charge in [-0.05, 0) is 133 Å². The number of benzene rings is 11. The Hall–Kier alpha value is -8.50. The van der Waals surface area contributed by atoms with E-state index >= 15 is 0 Å². The molecule has 0 atom stereocenters. The standard InChI is InChI=1S/C65H39NOS/c1-2-15-42-38-62-55(36-41(42)14-1)54-37-43(30-35-61(54)67-62)46-16-6-11-26-60(46)66(44-31-28-40(29-32-44)47-21-13-22-53-52-20-7-12-27-63(52)68-64(47)53)45-33-34-51-50-19-5-10-25-58(50)65(59(51)39-45)56-23-8-3-17-48(56)49-18-4-9-24-57(49)65/h1-39H. The Bertz CT molecular complexity index is 4160. The van der Waals surface area contributed by atoms with Crippen molar-refractivity contribution in [1.82, 2.24) is 0 Å². The minimum Gasteiger partial charge on any atom is -0.456 e. The van der Waals surface area contributed by atoms with Gasteiger partial charge in [-0.15, -0.1) is 11.3 Å². The van der Waals surface area contributed by atoms with Crippen molar-refractivity contribution < 1.29 is 4.42 Å². The van der Waals surface area contributed by atoms with Crippen molar-refractivity contribution in [2.24, 2.45) is 0 Å². The van der Waals surface area contributed by atoms with Crippen LogP contribution in [0.15, 0.2) is 241 Å². The lowest BCUT2D eigenvalue weighted by molar-refractivity contribution is 0.669. The third-order valence-corrected chi connectivity index (χ3v) is 16.1. The lowest BCUT2D eigenvalue weighted by Gasteiger charge is -2.32. The molecule has 0 saturated carbocycles. The number of anilines is 3. The zero-order chi connectivity index (χ0) is 44.5. The zero-order valence-corrected chi connectivity index (χ0v) is 37.6. The van der Waals surface area contributed by atoms with Crippen LogP contribution in [-0.4, -0.2) is 0 Å². The summed E-state index contributed by atoms with van der Waals surface area (Å²) in [5.41, 5.74) is 19.8. The van der Waals surface area contributed by atoms with Crippen LogP contribution >= 0.6 is 11.3 Å². The molecule has 2 aliphatic rings. The Kier molecular flexibility index (Phi) is 7.90.